The number of nitrogens with zero attached hydrogens (tertiary/aromatic N) is 8. The number of fused-ring (bicyclic) bond motifs is 2. The largest absolute Gasteiger partial charge is 0.493 e. The van der Waals surface area contributed by atoms with Gasteiger partial charge in [-0.1, -0.05) is 84.9 Å². The van der Waals surface area contributed by atoms with E-state index >= 15 is 0 Å². The van der Waals surface area contributed by atoms with E-state index < -0.39 is 12.1 Å². The van der Waals surface area contributed by atoms with Gasteiger partial charge in [0.2, 0.25) is 0 Å². The van der Waals surface area contributed by atoms with E-state index in [1.807, 2.05) is 80.0 Å². The minimum atomic E-state index is -0.583. The number of nitrogens with two attached hydrogens (primary N) is 2. The van der Waals surface area contributed by atoms with Crippen molar-refractivity contribution in [2.75, 3.05) is 104 Å². The third kappa shape index (κ3) is 13.9. The van der Waals surface area contributed by atoms with Gasteiger partial charge in [0.15, 0.2) is 29.0 Å². The molecule has 1 aromatic heterocycles. The van der Waals surface area contributed by atoms with Crippen LogP contribution in [0.4, 0.5) is 11.4 Å². The number of aliphatic imine (C=N–C) groups is 1. The van der Waals surface area contributed by atoms with Crippen molar-refractivity contribution in [3.63, 3.8) is 0 Å². The average Bonchev–Trinajstić information content (AvgIpc) is 1.64. The van der Waals surface area contributed by atoms with Gasteiger partial charge in [0.05, 0.1) is 74.2 Å². The zero-order chi connectivity index (χ0) is 64.3. The Morgan fingerprint density at radius 1 is 0.505 bits per heavy atom. The van der Waals surface area contributed by atoms with Crippen LogP contribution in [0.2, 0.25) is 0 Å². The first kappa shape index (κ1) is 64.3. The van der Waals surface area contributed by atoms with E-state index in [0.717, 1.165) is 74.9 Å². The number of anilines is 2. The summed E-state index contributed by atoms with van der Waals surface area (Å²) in [6, 6.07) is 46.1. The van der Waals surface area contributed by atoms with E-state index in [9.17, 15) is 24.0 Å². The van der Waals surface area contributed by atoms with E-state index in [1.54, 1.807) is 63.3 Å². The molecule has 0 radical (unpaired) electrons. The molecule has 4 aliphatic rings. The van der Waals surface area contributed by atoms with Gasteiger partial charge in [-0.05, 0) is 122 Å². The maximum atomic E-state index is 14.4. The van der Waals surface area contributed by atoms with E-state index in [1.165, 1.54) is 20.9 Å². The first-order valence-electron chi connectivity index (χ1n) is 31.1. The molecule has 20 heteroatoms. The number of imide groups is 2. The molecule has 0 bridgehead atoms. The van der Waals surface area contributed by atoms with Gasteiger partial charge in [-0.25, -0.2) is 0 Å². The number of nitrogens with one attached hydrogen (secondary N) is 1. The molecule has 0 unspecified atom stereocenters. The number of benzene rings is 6. The van der Waals surface area contributed by atoms with Gasteiger partial charge in [0.1, 0.15) is 5.69 Å². The Morgan fingerprint density at radius 3 is 1.35 bits per heavy atom. The highest BCUT2D eigenvalue weighted by Gasteiger charge is 2.45. The fourth-order valence-electron chi connectivity index (χ4n) is 13.0. The van der Waals surface area contributed by atoms with Gasteiger partial charge in [-0.15, -0.1) is 0 Å². The van der Waals surface area contributed by atoms with Crippen LogP contribution in [-0.4, -0.2) is 154 Å². The number of hydrogen-bond donors (Lipinski definition) is 3. The Hall–Kier alpha value is -9.66. The fraction of sp³-hybridized carbons (Fsp3) is 0.352. The van der Waals surface area contributed by atoms with Crippen LogP contribution >= 0.6 is 0 Å². The van der Waals surface area contributed by atoms with Gasteiger partial charge in [0.25, 0.3) is 29.5 Å². The van der Waals surface area contributed by atoms with Crippen LogP contribution in [0, 0.1) is 0 Å². The second-order valence-corrected chi connectivity index (χ2v) is 23.2. The number of hydrogen-bond acceptors (Lipinski definition) is 14. The number of methoxy groups -OCH3 is 4. The molecule has 2 saturated heterocycles. The molecule has 2 fully saturated rings. The van der Waals surface area contributed by atoms with Crippen molar-refractivity contribution in [1.29, 1.82) is 0 Å². The number of rotatable bonds is 23. The van der Waals surface area contributed by atoms with E-state index in [-0.39, 0.29) is 41.5 Å². The highest BCUT2D eigenvalue weighted by atomic mass is 16.5. The number of aryl methyl sites for hydroxylation is 1. The highest BCUT2D eigenvalue weighted by molar-refractivity contribution is 6.25. The summed E-state index contributed by atoms with van der Waals surface area (Å²) in [7, 11) is 8.08. The third-order valence-corrected chi connectivity index (χ3v) is 18.1. The predicted molar refractivity (Wildman–Crippen MR) is 353 cm³/mol. The van der Waals surface area contributed by atoms with Gasteiger partial charge < -0.3 is 50.1 Å². The van der Waals surface area contributed by atoms with Crippen molar-refractivity contribution < 1.29 is 42.9 Å². The van der Waals surface area contributed by atoms with Crippen molar-refractivity contribution in [2.45, 2.75) is 63.7 Å². The summed E-state index contributed by atoms with van der Waals surface area (Å²) in [4.78, 5) is 85.6. The lowest BCUT2D eigenvalue weighted by Crippen LogP contribution is -2.47. The summed E-state index contributed by atoms with van der Waals surface area (Å²) in [6.45, 7) is 11.6. The number of carbonyl (C=O) groups excluding carboxylic acids is 5. The lowest BCUT2D eigenvalue weighted by atomic mass is 9.99. The lowest BCUT2D eigenvalue weighted by molar-refractivity contribution is 0.0557. The minimum Gasteiger partial charge on any atom is -0.493 e. The molecular formula is C71H83N11O9. The Labute approximate surface area is 532 Å². The van der Waals surface area contributed by atoms with Crippen LogP contribution in [0.15, 0.2) is 157 Å². The molecule has 11 rings (SSSR count). The second-order valence-electron chi connectivity index (χ2n) is 23.2. The molecule has 20 nitrogen and oxygen atoms in total. The number of carbonyl (C=O) groups is 5. The molecule has 5 heterocycles. The molecule has 476 valence electrons. The molecule has 7 aromatic rings. The van der Waals surface area contributed by atoms with Crippen LogP contribution < -0.4 is 45.5 Å². The molecular weight excluding hydrogens is 1150 g/mol. The second kappa shape index (κ2) is 29.3. The first-order valence-corrected chi connectivity index (χ1v) is 31.1. The first-order chi connectivity index (χ1) is 44.1. The van der Waals surface area contributed by atoms with Crippen LogP contribution in [0.5, 0.6) is 23.0 Å². The van der Waals surface area contributed by atoms with Crippen molar-refractivity contribution >= 4 is 46.9 Å². The summed E-state index contributed by atoms with van der Waals surface area (Å²) in [5.74, 6) is 0.762. The molecule has 91 heavy (non-hydrogen) atoms. The summed E-state index contributed by atoms with van der Waals surface area (Å²) >= 11 is 0. The van der Waals surface area contributed by atoms with Crippen LogP contribution in [-0.2, 0) is 7.05 Å². The molecule has 0 saturated carbocycles. The van der Waals surface area contributed by atoms with E-state index in [2.05, 4.69) is 92.3 Å². The number of amides is 5. The van der Waals surface area contributed by atoms with Crippen LogP contribution in [0.25, 0.3) is 0 Å². The van der Waals surface area contributed by atoms with Crippen molar-refractivity contribution in [3.8, 4) is 23.0 Å². The Kier molecular flexibility index (Phi) is 20.7. The Bertz CT molecular complexity index is 3740. The molecule has 4 aliphatic heterocycles. The van der Waals surface area contributed by atoms with Crippen molar-refractivity contribution in [2.24, 2.45) is 23.5 Å². The molecule has 0 spiro atoms. The van der Waals surface area contributed by atoms with Crippen molar-refractivity contribution in [1.82, 2.24) is 29.5 Å². The summed E-state index contributed by atoms with van der Waals surface area (Å²) in [5, 5.41) is 2.97. The quantitative estimate of drug-likeness (QED) is 0.0235. The van der Waals surface area contributed by atoms with Gasteiger partial charge in [0, 0.05) is 90.8 Å². The lowest BCUT2D eigenvalue weighted by Gasteiger charge is -2.39. The number of aromatic nitrogens is 1. The topological polar surface area (TPSA) is 223 Å². The molecule has 0 aliphatic carbocycles. The minimum absolute atomic E-state index is 0.00583. The van der Waals surface area contributed by atoms with Gasteiger partial charge in [-0.2, -0.15) is 0 Å². The summed E-state index contributed by atoms with van der Waals surface area (Å²) < 4.78 is 23.8. The third-order valence-electron chi connectivity index (χ3n) is 18.1. The fourth-order valence-corrected chi connectivity index (χ4v) is 13.0. The Balaban J connectivity index is 0.000000201. The zero-order valence-corrected chi connectivity index (χ0v) is 53.0. The maximum Gasteiger partial charge on any atom is 0.267 e. The Morgan fingerprint density at radius 2 is 0.945 bits per heavy atom. The maximum absolute atomic E-state index is 14.4. The van der Waals surface area contributed by atoms with Crippen molar-refractivity contribution in [3.05, 3.63) is 202 Å². The number of guanidine groups is 1. The van der Waals surface area contributed by atoms with Crippen LogP contribution in [0.1, 0.15) is 138 Å². The van der Waals surface area contributed by atoms with E-state index in [0.29, 0.717) is 95.8 Å². The summed E-state index contributed by atoms with van der Waals surface area (Å²) in [5.41, 5.74) is 19.1. The summed E-state index contributed by atoms with van der Waals surface area (Å²) in [6.07, 6.45) is 3.85. The number of ether oxygens (including phenoxy) is 4. The SMILES string of the molecule is COc1ccc([C@@H](CCCN=C(N)N)N2C(=O)c3cccc(N4CCN([C@H](C)c5ccccc5)CC4)c3C2=O)cc1OC.COc1ccc([C@@H](CCCNC(=O)c2cccn2C)N2C(=O)c3cccc(N4CCN([C@H](C)c5ccccc5)CC4)c3C2=O)cc1OC. The monoisotopic (exact) mass is 1230 g/mol. The van der Waals surface area contributed by atoms with E-state index in [4.69, 9.17) is 30.4 Å². The van der Waals surface area contributed by atoms with Crippen LogP contribution in [0.3, 0.4) is 0 Å². The molecule has 6 aromatic carbocycles. The standard InChI is InChI=1S/C38H43N5O5.C33H40N6O4/c1-26(27-11-6-5-7-12-27)41-21-23-42(24-22-41)31-14-8-13-29-35(31)38(46)43(37(29)45)30(28-17-18-33(47-3)34(25-28)48-4)15-9-19-39-36(44)32-16-10-20-40(32)2;1-22(23-9-5-4-6-10-23)37-17-19-38(20-18-37)27-12-7-11-25-30(27)32(41)39(31(25)40)26(13-8-16-36-33(34)35)24-14-15-28(42-2)29(21-24)43-3/h5-8,10-14,16-18,20,25-26,30H,9,15,19,21-24H2,1-4H3,(H,39,44);4-7,9-12,14-15,21-22,26H,8,13,16-20H2,1-3H3,(H4,34,35,36)/t26-,30-;22-,26-/m11/s1. The smallest absolute Gasteiger partial charge is 0.267 e. The zero-order valence-electron chi connectivity index (χ0n) is 53.0. The molecule has 5 amide bonds. The average molecular weight is 1230 g/mol. The molecule has 4 atom stereocenters. The predicted octanol–water partition coefficient (Wildman–Crippen LogP) is 9.45. The number of piperazine rings is 2. The normalized spacial score (nSPS) is 16.3. The molecule has 5 N–H and O–H groups in total. The highest BCUT2D eigenvalue weighted by Crippen LogP contribution is 2.43. The van der Waals surface area contributed by atoms with Gasteiger partial charge >= 0.3 is 0 Å². The van der Waals surface area contributed by atoms with Gasteiger partial charge in [-0.3, -0.25) is 48.6 Å².